The Morgan fingerprint density at radius 3 is 2.06 bits per heavy atom. The molecular weight excluding hydrogens is 418 g/mol. The molecule has 0 atom stereocenters. The molecular formula is C28H25ClNO2+. The normalized spacial score (nSPS) is 10.7. The molecule has 160 valence electrons. The van der Waals surface area contributed by atoms with Gasteiger partial charge in [-0.05, 0) is 47.9 Å². The number of carbonyl (C=O) groups is 1. The number of aromatic nitrogens is 1. The molecule has 4 rings (SSSR count). The van der Waals surface area contributed by atoms with E-state index in [0.717, 1.165) is 34.4 Å². The maximum atomic E-state index is 13.0. The van der Waals surface area contributed by atoms with Crippen LogP contribution in [-0.2, 0) is 17.7 Å². The van der Waals surface area contributed by atoms with E-state index in [1.165, 1.54) is 0 Å². The van der Waals surface area contributed by atoms with Crippen molar-refractivity contribution in [3.05, 3.63) is 113 Å². The van der Waals surface area contributed by atoms with E-state index in [-0.39, 0.29) is 5.97 Å². The van der Waals surface area contributed by atoms with Gasteiger partial charge in [0.15, 0.2) is 6.54 Å². The van der Waals surface area contributed by atoms with Gasteiger partial charge in [-0.25, -0.2) is 4.79 Å². The van der Waals surface area contributed by atoms with Gasteiger partial charge in [-0.2, -0.15) is 4.57 Å². The molecule has 1 aromatic heterocycles. The van der Waals surface area contributed by atoms with Gasteiger partial charge in [-0.15, -0.1) is 0 Å². The van der Waals surface area contributed by atoms with Crippen LogP contribution < -0.4 is 4.57 Å². The standard InChI is InChI=1S/C28H25ClNO2/c1-2-32-28(31)27-20-24(22-9-5-3-6-10-22)19-26(23-11-7-4-8-12-23)30(27)18-17-21-13-15-25(29)16-14-21/h3-16,19-20H,2,17-18H2,1H3/q+1. The highest BCUT2D eigenvalue weighted by Gasteiger charge is 2.27. The number of carbonyl (C=O) groups excluding carboxylic acids is 1. The molecule has 0 aliphatic carbocycles. The molecule has 0 aliphatic rings. The second kappa shape index (κ2) is 10.3. The minimum atomic E-state index is -0.321. The van der Waals surface area contributed by atoms with Crippen LogP contribution in [0.15, 0.2) is 97.1 Å². The van der Waals surface area contributed by atoms with Crippen molar-refractivity contribution < 1.29 is 14.1 Å². The molecule has 0 radical (unpaired) electrons. The summed E-state index contributed by atoms with van der Waals surface area (Å²) in [5.41, 5.74) is 5.76. The van der Waals surface area contributed by atoms with Crippen LogP contribution in [0.1, 0.15) is 23.0 Å². The number of ether oxygens (including phenoxy) is 1. The summed E-state index contributed by atoms with van der Waals surface area (Å²) in [6.07, 6.45) is 0.763. The number of rotatable bonds is 7. The van der Waals surface area contributed by atoms with Crippen LogP contribution in [0.4, 0.5) is 0 Å². The molecule has 0 bridgehead atoms. The number of benzene rings is 3. The molecule has 0 N–H and O–H groups in total. The highest BCUT2D eigenvalue weighted by Crippen LogP contribution is 2.26. The predicted octanol–water partition coefficient (Wildman–Crippen LogP) is 6.38. The van der Waals surface area contributed by atoms with E-state index in [1.54, 1.807) is 0 Å². The average molecular weight is 443 g/mol. The first-order valence-electron chi connectivity index (χ1n) is 10.8. The molecule has 3 aromatic carbocycles. The van der Waals surface area contributed by atoms with Gasteiger partial charge in [-0.1, -0.05) is 72.3 Å². The van der Waals surface area contributed by atoms with E-state index in [2.05, 4.69) is 34.9 Å². The van der Waals surface area contributed by atoms with Crippen molar-refractivity contribution in [3.63, 3.8) is 0 Å². The summed E-state index contributed by atoms with van der Waals surface area (Å²) >= 11 is 6.04. The Morgan fingerprint density at radius 1 is 0.812 bits per heavy atom. The lowest BCUT2D eigenvalue weighted by Gasteiger charge is -2.12. The zero-order valence-corrected chi connectivity index (χ0v) is 18.8. The van der Waals surface area contributed by atoms with Crippen molar-refractivity contribution in [2.45, 2.75) is 19.9 Å². The molecule has 0 fully saturated rings. The lowest BCUT2D eigenvalue weighted by Crippen LogP contribution is -2.44. The minimum Gasteiger partial charge on any atom is -0.458 e. The van der Waals surface area contributed by atoms with Gasteiger partial charge in [0.05, 0.1) is 6.61 Å². The van der Waals surface area contributed by atoms with Gasteiger partial charge in [0, 0.05) is 29.1 Å². The van der Waals surface area contributed by atoms with Crippen LogP contribution in [0.25, 0.3) is 22.4 Å². The van der Waals surface area contributed by atoms with Crippen molar-refractivity contribution in [1.82, 2.24) is 0 Å². The van der Waals surface area contributed by atoms with Crippen molar-refractivity contribution >= 4 is 17.6 Å². The predicted molar refractivity (Wildman–Crippen MR) is 129 cm³/mol. The van der Waals surface area contributed by atoms with Crippen LogP contribution in [-0.4, -0.2) is 12.6 Å². The number of halogens is 1. The van der Waals surface area contributed by atoms with E-state index in [0.29, 0.717) is 23.9 Å². The summed E-state index contributed by atoms with van der Waals surface area (Å²) in [7, 11) is 0. The molecule has 0 spiro atoms. The zero-order chi connectivity index (χ0) is 22.3. The Balaban J connectivity index is 1.85. The number of aryl methyl sites for hydroxylation is 1. The Bertz CT molecular complexity index is 1190. The van der Waals surface area contributed by atoms with Gasteiger partial charge in [0.25, 0.3) is 5.69 Å². The molecule has 0 unspecified atom stereocenters. The molecule has 4 heteroatoms. The molecule has 32 heavy (non-hydrogen) atoms. The maximum Gasteiger partial charge on any atom is 0.403 e. The molecule has 1 heterocycles. The summed E-state index contributed by atoms with van der Waals surface area (Å²) in [4.78, 5) is 13.0. The second-order valence-corrected chi connectivity index (χ2v) is 7.93. The van der Waals surface area contributed by atoms with Gasteiger partial charge in [0.2, 0.25) is 5.69 Å². The third kappa shape index (κ3) is 5.06. The summed E-state index contributed by atoms with van der Waals surface area (Å²) in [5.74, 6) is -0.321. The summed E-state index contributed by atoms with van der Waals surface area (Å²) < 4.78 is 7.50. The fourth-order valence-electron chi connectivity index (χ4n) is 3.77. The van der Waals surface area contributed by atoms with Gasteiger partial charge in [-0.3, -0.25) is 0 Å². The number of pyridine rings is 1. The number of hydrogen-bond acceptors (Lipinski definition) is 2. The van der Waals surface area contributed by atoms with Crippen LogP contribution >= 0.6 is 11.6 Å². The van der Waals surface area contributed by atoms with Gasteiger partial charge >= 0.3 is 5.97 Å². The second-order valence-electron chi connectivity index (χ2n) is 7.50. The summed E-state index contributed by atoms with van der Waals surface area (Å²) in [6, 6.07) is 32.2. The highest BCUT2D eigenvalue weighted by atomic mass is 35.5. The number of hydrogen-bond donors (Lipinski definition) is 0. The Labute approximate surface area is 193 Å². The van der Waals surface area contributed by atoms with E-state index in [1.807, 2.05) is 73.7 Å². The third-order valence-corrected chi connectivity index (χ3v) is 5.62. The third-order valence-electron chi connectivity index (χ3n) is 5.36. The van der Waals surface area contributed by atoms with Gasteiger partial charge < -0.3 is 4.74 Å². The topological polar surface area (TPSA) is 30.2 Å². The highest BCUT2D eigenvalue weighted by molar-refractivity contribution is 6.30. The van der Waals surface area contributed by atoms with Crippen LogP contribution in [0.2, 0.25) is 5.02 Å². The monoisotopic (exact) mass is 442 g/mol. The van der Waals surface area contributed by atoms with Crippen molar-refractivity contribution in [1.29, 1.82) is 0 Å². The molecule has 0 amide bonds. The first-order chi connectivity index (χ1) is 15.7. The van der Waals surface area contributed by atoms with Crippen LogP contribution in [0, 0.1) is 0 Å². The number of esters is 1. The first-order valence-corrected chi connectivity index (χ1v) is 11.1. The smallest absolute Gasteiger partial charge is 0.403 e. The van der Waals surface area contributed by atoms with E-state index < -0.39 is 0 Å². The molecule has 0 saturated heterocycles. The molecule has 0 aliphatic heterocycles. The van der Waals surface area contributed by atoms with Crippen molar-refractivity contribution in [2.75, 3.05) is 6.61 Å². The first kappa shape index (κ1) is 21.8. The lowest BCUT2D eigenvalue weighted by molar-refractivity contribution is -0.688. The summed E-state index contributed by atoms with van der Waals surface area (Å²) in [6.45, 7) is 2.79. The minimum absolute atomic E-state index is 0.321. The molecule has 0 saturated carbocycles. The Kier molecular flexibility index (Phi) is 6.98. The van der Waals surface area contributed by atoms with Crippen molar-refractivity contribution in [3.8, 4) is 22.4 Å². The van der Waals surface area contributed by atoms with Crippen LogP contribution in [0.3, 0.4) is 0 Å². The van der Waals surface area contributed by atoms with Crippen molar-refractivity contribution in [2.24, 2.45) is 0 Å². The Hall–Kier alpha value is -3.43. The maximum absolute atomic E-state index is 13.0. The average Bonchev–Trinajstić information content (AvgIpc) is 2.84. The number of nitrogens with zero attached hydrogens (tertiary/aromatic N) is 1. The van der Waals surface area contributed by atoms with E-state index in [9.17, 15) is 4.79 Å². The van der Waals surface area contributed by atoms with E-state index >= 15 is 0 Å². The largest absolute Gasteiger partial charge is 0.458 e. The molecule has 3 nitrogen and oxygen atoms in total. The van der Waals surface area contributed by atoms with E-state index in [4.69, 9.17) is 16.3 Å². The van der Waals surface area contributed by atoms with Crippen LogP contribution in [0.5, 0.6) is 0 Å². The molecule has 4 aromatic rings. The fraction of sp³-hybridized carbons (Fsp3) is 0.143. The lowest BCUT2D eigenvalue weighted by atomic mass is 10.0. The summed E-state index contributed by atoms with van der Waals surface area (Å²) in [5, 5.41) is 0.714. The zero-order valence-electron chi connectivity index (χ0n) is 18.0. The SMILES string of the molecule is CCOC(=O)c1cc(-c2ccccc2)cc(-c2ccccc2)[n+]1CCc1ccc(Cl)cc1. The van der Waals surface area contributed by atoms with Gasteiger partial charge in [0.1, 0.15) is 0 Å². The fourth-order valence-corrected chi connectivity index (χ4v) is 3.90. The quantitative estimate of drug-likeness (QED) is 0.245. The Morgan fingerprint density at radius 2 is 1.44 bits per heavy atom.